The summed E-state index contributed by atoms with van der Waals surface area (Å²) in [7, 11) is 0. The number of rotatable bonds is 6. The first-order valence-corrected chi connectivity index (χ1v) is 5.12. The number of hydrogen-bond donors (Lipinski definition) is 2. The molecule has 0 bridgehead atoms. The minimum atomic E-state index is -0.0329. The predicted octanol–water partition coefficient (Wildman–Crippen LogP) is 1.39. The van der Waals surface area contributed by atoms with Crippen molar-refractivity contribution >= 4 is 11.7 Å². The lowest BCUT2D eigenvalue weighted by Crippen LogP contribution is -2.24. The van der Waals surface area contributed by atoms with Crippen molar-refractivity contribution in [2.75, 3.05) is 11.9 Å². The van der Waals surface area contributed by atoms with Crippen LogP contribution in [-0.4, -0.2) is 23.7 Å². The van der Waals surface area contributed by atoms with Gasteiger partial charge in [-0.15, -0.1) is 0 Å². The van der Waals surface area contributed by atoms with Gasteiger partial charge in [0.2, 0.25) is 5.91 Å². The van der Waals surface area contributed by atoms with Crippen molar-refractivity contribution in [2.45, 2.75) is 32.7 Å². The highest BCUT2D eigenvalue weighted by atomic mass is 16.5. The van der Waals surface area contributed by atoms with Crippen molar-refractivity contribution in [3.8, 4) is 0 Å². The smallest absolute Gasteiger partial charge is 0.225 e. The molecule has 0 saturated heterocycles. The van der Waals surface area contributed by atoms with E-state index in [1.165, 1.54) is 6.26 Å². The van der Waals surface area contributed by atoms with Gasteiger partial charge in [0.25, 0.3) is 0 Å². The van der Waals surface area contributed by atoms with E-state index in [2.05, 4.69) is 34.2 Å². The molecule has 5 nitrogen and oxygen atoms in total. The van der Waals surface area contributed by atoms with Gasteiger partial charge in [-0.3, -0.25) is 4.79 Å². The summed E-state index contributed by atoms with van der Waals surface area (Å²) >= 11 is 0. The number of aromatic nitrogens is 1. The molecule has 0 aliphatic rings. The maximum Gasteiger partial charge on any atom is 0.225 e. The Bertz CT molecular complexity index is 283. The Labute approximate surface area is 89.2 Å². The fourth-order valence-corrected chi connectivity index (χ4v) is 1.12. The van der Waals surface area contributed by atoms with Crippen LogP contribution in [0, 0.1) is 0 Å². The number of amides is 1. The maximum atomic E-state index is 11.3. The van der Waals surface area contributed by atoms with Crippen molar-refractivity contribution in [1.29, 1.82) is 0 Å². The molecule has 84 valence electrons. The maximum absolute atomic E-state index is 11.3. The van der Waals surface area contributed by atoms with Crippen LogP contribution in [0.4, 0.5) is 5.82 Å². The van der Waals surface area contributed by atoms with Crippen LogP contribution in [0.3, 0.4) is 0 Å². The number of carbonyl (C=O) groups excluding carboxylic acids is 1. The number of nitrogens with one attached hydrogen (secondary N) is 2. The van der Waals surface area contributed by atoms with Gasteiger partial charge < -0.3 is 15.2 Å². The molecule has 0 fully saturated rings. The number of nitrogens with zero attached hydrogens (tertiary/aromatic N) is 1. The van der Waals surface area contributed by atoms with Gasteiger partial charge in [-0.25, -0.2) is 0 Å². The van der Waals surface area contributed by atoms with Crippen LogP contribution >= 0.6 is 0 Å². The van der Waals surface area contributed by atoms with Crippen LogP contribution in [0.2, 0.25) is 0 Å². The average Bonchev–Trinajstić information content (AvgIpc) is 2.64. The molecule has 0 aliphatic carbocycles. The minimum absolute atomic E-state index is 0.0329. The van der Waals surface area contributed by atoms with Gasteiger partial charge in [0.1, 0.15) is 6.26 Å². The van der Waals surface area contributed by atoms with E-state index in [0.717, 1.165) is 13.0 Å². The zero-order valence-corrected chi connectivity index (χ0v) is 9.12. The highest BCUT2D eigenvalue weighted by Gasteiger charge is 2.03. The number of carbonyl (C=O) groups is 1. The highest BCUT2D eigenvalue weighted by Crippen LogP contribution is 2.02. The van der Waals surface area contributed by atoms with E-state index in [4.69, 9.17) is 0 Å². The Morgan fingerprint density at radius 1 is 1.60 bits per heavy atom. The lowest BCUT2D eigenvalue weighted by atomic mass is 10.2. The summed E-state index contributed by atoms with van der Waals surface area (Å²) in [6.45, 7) is 5.01. The van der Waals surface area contributed by atoms with E-state index in [1.54, 1.807) is 6.07 Å². The Hall–Kier alpha value is -1.36. The van der Waals surface area contributed by atoms with Gasteiger partial charge in [0.15, 0.2) is 5.82 Å². The van der Waals surface area contributed by atoms with Crippen LogP contribution in [0.1, 0.15) is 26.7 Å². The molecule has 1 aromatic heterocycles. The van der Waals surface area contributed by atoms with E-state index in [0.29, 0.717) is 18.3 Å². The first kappa shape index (κ1) is 11.7. The molecule has 1 rings (SSSR count). The largest absolute Gasteiger partial charge is 0.363 e. The van der Waals surface area contributed by atoms with Gasteiger partial charge in [0.05, 0.1) is 0 Å². The first-order chi connectivity index (χ1) is 7.18. The molecule has 0 spiro atoms. The van der Waals surface area contributed by atoms with Crippen molar-refractivity contribution in [2.24, 2.45) is 0 Å². The Morgan fingerprint density at radius 2 is 2.40 bits per heavy atom. The lowest BCUT2D eigenvalue weighted by Gasteiger charge is -2.06. The molecule has 2 N–H and O–H groups in total. The molecule has 1 heterocycles. The summed E-state index contributed by atoms with van der Waals surface area (Å²) < 4.78 is 4.60. The van der Waals surface area contributed by atoms with Gasteiger partial charge in [-0.1, -0.05) is 19.0 Å². The molecule has 0 aliphatic heterocycles. The molecule has 0 unspecified atom stereocenters. The van der Waals surface area contributed by atoms with Crippen LogP contribution in [0.15, 0.2) is 16.9 Å². The average molecular weight is 211 g/mol. The second-order valence-corrected chi connectivity index (χ2v) is 3.65. The van der Waals surface area contributed by atoms with Crippen molar-refractivity contribution in [1.82, 2.24) is 10.5 Å². The molecular formula is C10H17N3O2. The Morgan fingerprint density at radius 3 is 3.00 bits per heavy atom. The van der Waals surface area contributed by atoms with Crippen LogP contribution in [-0.2, 0) is 4.79 Å². The van der Waals surface area contributed by atoms with Crippen LogP contribution < -0.4 is 10.6 Å². The van der Waals surface area contributed by atoms with Crippen LogP contribution in [0.5, 0.6) is 0 Å². The fraction of sp³-hybridized carbons (Fsp3) is 0.600. The molecule has 5 heteroatoms. The SMILES string of the molecule is CC(C)NCCCC(=O)Nc1ccon1. The quantitative estimate of drug-likeness (QED) is 0.698. The number of anilines is 1. The van der Waals surface area contributed by atoms with E-state index >= 15 is 0 Å². The highest BCUT2D eigenvalue weighted by molar-refractivity contribution is 5.89. The summed E-state index contributed by atoms with van der Waals surface area (Å²) in [4.78, 5) is 11.3. The van der Waals surface area contributed by atoms with E-state index in [1.807, 2.05) is 0 Å². The van der Waals surface area contributed by atoms with E-state index in [-0.39, 0.29) is 5.91 Å². The molecule has 0 aromatic carbocycles. The number of hydrogen-bond acceptors (Lipinski definition) is 4. The molecule has 1 aromatic rings. The second-order valence-electron chi connectivity index (χ2n) is 3.65. The van der Waals surface area contributed by atoms with Gasteiger partial charge >= 0.3 is 0 Å². The zero-order valence-electron chi connectivity index (χ0n) is 9.12. The molecule has 0 saturated carbocycles. The summed E-state index contributed by atoms with van der Waals surface area (Å²) in [6.07, 6.45) is 2.74. The van der Waals surface area contributed by atoms with Gasteiger partial charge in [-0.2, -0.15) is 0 Å². The molecular weight excluding hydrogens is 194 g/mol. The molecule has 15 heavy (non-hydrogen) atoms. The predicted molar refractivity (Wildman–Crippen MR) is 57.5 cm³/mol. The van der Waals surface area contributed by atoms with Crippen molar-refractivity contribution in [3.63, 3.8) is 0 Å². The third kappa shape index (κ3) is 5.17. The molecule has 1 amide bonds. The van der Waals surface area contributed by atoms with Crippen molar-refractivity contribution < 1.29 is 9.32 Å². The van der Waals surface area contributed by atoms with Crippen LogP contribution in [0.25, 0.3) is 0 Å². The zero-order chi connectivity index (χ0) is 11.1. The summed E-state index contributed by atoms with van der Waals surface area (Å²) in [5, 5.41) is 9.47. The van der Waals surface area contributed by atoms with Gasteiger partial charge in [0, 0.05) is 18.5 Å². The molecule has 0 atom stereocenters. The minimum Gasteiger partial charge on any atom is -0.363 e. The first-order valence-electron chi connectivity index (χ1n) is 5.12. The summed E-state index contributed by atoms with van der Waals surface area (Å²) in [5.41, 5.74) is 0. The monoisotopic (exact) mass is 211 g/mol. The topological polar surface area (TPSA) is 67.2 Å². The normalized spacial score (nSPS) is 10.6. The van der Waals surface area contributed by atoms with E-state index in [9.17, 15) is 4.79 Å². The Balaban J connectivity index is 2.09. The fourth-order valence-electron chi connectivity index (χ4n) is 1.12. The summed E-state index contributed by atoms with van der Waals surface area (Å²) in [5.74, 6) is 0.436. The van der Waals surface area contributed by atoms with Gasteiger partial charge in [-0.05, 0) is 13.0 Å². The third-order valence-electron chi connectivity index (χ3n) is 1.84. The summed E-state index contributed by atoms with van der Waals surface area (Å²) in [6, 6.07) is 2.08. The second kappa shape index (κ2) is 6.19. The third-order valence-corrected chi connectivity index (χ3v) is 1.84. The molecule has 0 radical (unpaired) electrons. The standard InChI is InChI=1S/C10H17N3O2/c1-8(2)11-6-3-4-10(14)12-9-5-7-15-13-9/h5,7-8,11H,3-4,6H2,1-2H3,(H,12,13,14). The van der Waals surface area contributed by atoms with E-state index < -0.39 is 0 Å². The lowest BCUT2D eigenvalue weighted by molar-refractivity contribution is -0.116. The Kier molecular flexibility index (Phi) is 4.83. The van der Waals surface area contributed by atoms with Crippen molar-refractivity contribution in [3.05, 3.63) is 12.3 Å².